The Hall–Kier alpha value is -1.94. The van der Waals surface area contributed by atoms with Crippen molar-refractivity contribution in [1.29, 1.82) is 5.26 Å². The average Bonchev–Trinajstić information content (AvgIpc) is 2.38. The van der Waals surface area contributed by atoms with Crippen molar-refractivity contribution in [2.75, 3.05) is 43.4 Å². The summed E-state index contributed by atoms with van der Waals surface area (Å²) in [5.74, 6) is 0. The number of anilines is 2. The van der Waals surface area contributed by atoms with Gasteiger partial charge in [0.05, 0.1) is 17.8 Å². The van der Waals surface area contributed by atoms with Crippen LogP contribution < -0.4 is 10.6 Å². The summed E-state index contributed by atoms with van der Waals surface area (Å²) in [6, 6.07) is 7.08. The molecular formula is C13H15F3N4. The van der Waals surface area contributed by atoms with Gasteiger partial charge in [-0.05, 0) is 18.2 Å². The minimum Gasteiger partial charge on any atom is -0.399 e. The van der Waals surface area contributed by atoms with Gasteiger partial charge in [0, 0.05) is 31.9 Å². The van der Waals surface area contributed by atoms with Gasteiger partial charge in [-0.3, -0.25) is 4.90 Å². The molecule has 1 aromatic carbocycles. The molecule has 108 valence electrons. The monoisotopic (exact) mass is 284 g/mol. The summed E-state index contributed by atoms with van der Waals surface area (Å²) in [5.41, 5.74) is 7.31. The Morgan fingerprint density at radius 3 is 2.40 bits per heavy atom. The van der Waals surface area contributed by atoms with Crippen LogP contribution in [0.3, 0.4) is 0 Å². The lowest BCUT2D eigenvalue weighted by atomic mass is 10.1. The van der Waals surface area contributed by atoms with Gasteiger partial charge in [0.25, 0.3) is 0 Å². The van der Waals surface area contributed by atoms with E-state index in [-0.39, 0.29) is 0 Å². The number of nitrogen functional groups attached to an aromatic ring is 1. The number of halogens is 3. The molecule has 0 radical (unpaired) electrons. The zero-order valence-electron chi connectivity index (χ0n) is 10.8. The predicted molar refractivity (Wildman–Crippen MR) is 70.3 cm³/mol. The number of nitrogens with two attached hydrogens (primary N) is 1. The van der Waals surface area contributed by atoms with E-state index >= 15 is 0 Å². The fourth-order valence-corrected chi connectivity index (χ4v) is 2.32. The molecule has 0 atom stereocenters. The van der Waals surface area contributed by atoms with Crippen molar-refractivity contribution in [1.82, 2.24) is 4.90 Å². The molecular weight excluding hydrogens is 269 g/mol. The van der Waals surface area contributed by atoms with E-state index in [9.17, 15) is 13.2 Å². The van der Waals surface area contributed by atoms with Crippen LogP contribution in [0.1, 0.15) is 5.56 Å². The molecule has 0 amide bonds. The quantitative estimate of drug-likeness (QED) is 0.842. The van der Waals surface area contributed by atoms with E-state index in [1.165, 1.54) is 4.90 Å². The Morgan fingerprint density at radius 1 is 1.20 bits per heavy atom. The Morgan fingerprint density at radius 2 is 1.85 bits per heavy atom. The number of hydrogen-bond donors (Lipinski definition) is 1. The SMILES string of the molecule is N#Cc1cc(N)ccc1N1CCN(CC(F)(F)F)CC1. The molecule has 1 saturated heterocycles. The highest BCUT2D eigenvalue weighted by Gasteiger charge is 2.32. The highest BCUT2D eigenvalue weighted by molar-refractivity contribution is 5.64. The van der Waals surface area contributed by atoms with Crippen molar-refractivity contribution in [2.45, 2.75) is 6.18 Å². The van der Waals surface area contributed by atoms with Gasteiger partial charge in [0.15, 0.2) is 0 Å². The lowest BCUT2D eigenvalue weighted by Gasteiger charge is -2.36. The molecule has 1 aromatic rings. The molecule has 0 spiro atoms. The topological polar surface area (TPSA) is 56.3 Å². The Balaban J connectivity index is 2.03. The van der Waals surface area contributed by atoms with E-state index in [2.05, 4.69) is 6.07 Å². The predicted octanol–water partition coefficient (Wildman–Crippen LogP) is 1.82. The number of nitriles is 1. The summed E-state index contributed by atoms with van der Waals surface area (Å²) in [5, 5.41) is 9.09. The van der Waals surface area contributed by atoms with Crippen LogP contribution >= 0.6 is 0 Å². The first-order valence-electron chi connectivity index (χ1n) is 6.23. The second-order valence-electron chi connectivity index (χ2n) is 4.77. The minimum absolute atomic E-state index is 0.328. The molecule has 2 rings (SSSR count). The highest BCUT2D eigenvalue weighted by Crippen LogP contribution is 2.24. The third-order valence-corrected chi connectivity index (χ3v) is 3.26. The number of hydrogen-bond acceptors (Lipinski definition) is 4. The van der Waals surface area contributed by atoms with Crippen LogP contribution in [0.4, 0.5) is 24.5 Å². The van der Waals surface area contributed by atoms with Gasteiger partial charge in [-0.1, -0.05) is 0 Å². The second-order valence-corrected chi connectivity index (χ2v) is 4.77. The number of nitrogens with zero attached hydrogens (tertiary/aromatic N) is 3. The maximum Gasteiger partial charge on any atom is 0.401 e. The third-order valence-electron chi connectivity index (χ3n) is 3.26. The molecule has 1 fully saturated rings. The first kappa shape index (κ1) is 14.5. The van der Waals surface area contributed by atoms with Crippen molar-refractivity contribution in [3.8, 4) is 6.07 Å². The first-order valence-corrected chi connectivity index (χ1v) is 6.23. The van der Waals surface area contributed by atoms with Crippen LogP contribution in [0, 0.1) is 11.3 Å². The summed E-state index contributed by atoms with van der Waals surface area (Å²) >= 11 is 0. The fraction of sp³-hybridized carbons (Fsp3) is 0.462. The van der Waals surface area contributed by atoms with Crippen LogP contribution in [0.5, 0.6) is 0 Å². The van der Waals surface area contributed by atoms with E-state index < -0.39 is 12.7 Å². The van der Waals surface area contributed by atoms with Crippen molar-refractivity contribution >= 4 is 11.4 Å². The van der Waals surface area contributed by atoms with Crippen molar-refractivity contribution in [3.05, 3.63) is 23.8 Å². The molecule has 0 unspecified atom stereocenters. The van der Waals surface area contributed by atoms with E-state index in [4.69, 9.17) is 11.0 Å². The maximum absolute atomic E-state index is 12.3. The van der Waals surface area contributed by atoms with E-state index in [0.717, 1.165) is 5.69 Å². The molecule has 0 aliphatic carbocycles. The molecule has 0 saturated carbocycles. The number of benzene rings is 1. The van der Waals surface area contributed by atoms with Gasteiger partial charge >= 0.3 is 6.18 Å². The molecule has 1 heterocycles. The second kappa shape index (κ2) is 5.59. The van der Waals surface area contributed by atoms with Crippen molar-refractivity contribution in [3.63, 3.8) is 0 Å². The maximum atomic E-state index is 12.3. The molecule has 0 aromatic heterocycles. The normalized spacial score (nSPS) is 17.0. The fourth-order valence-electron chi connectivity index (χ4n) is 2.32. The standard InChI is InChI=1S/C13H15F3N4/c14-13(15,16)9-19-3-5-20(6-4-19)12-2-1-11(18)7-10(12)8-17/h1-2,7H,3-6,9,18H2. The molecule has 2 N–H and O–H groups in total. The molecule has 20 heavy (non-hydrogen) atoms. The summed E-state index contributed by atoms with van der Waals surface area (Å²) in [4.78, 5) is 3.30. The summed E-state index contributed by atoms with van der Waals surface area (Å²) in [7, 11) is 0. The summed E-state index contributed by atoms with van der Waals surface area (Å²) < 4.78 is 36.9. The molecule has 4 nitrogen and oxygen atoms in total. The molecule has 0 bridgehead atoms. The molecule has 7 heteroatoms. The molecule has 1 aliphatic heterocycles. The smallest absolute Gasteiger partial charge is 0.399 e. The van der Waals surface area contributed by atoms with E-state index in [1.54, 1.807) is 18.2 Å². The van der Waals surface area contributed by atoms with E-state index in [1.807, 2.05) is 4.90 Å². The van der Waals surface area contributed by atoms with Crippen LogP contribution in [0.15, 0.2) is 18.2 Å². The zero-order valence-corrected chi connectivity index (χ0v) is 10.8. The van der Waals surface area contributed by atoms with Gasteiger partial charge in [-0.25, -0.2) is 0 Å². The van der Waals surface area contributed by atoms with Gasteiger partial charge in [-0.15, -0.1) is 0 Å². The first-order chi connectivity index (χ1) is 9.39. The lowest BCUT2D eigenvalue weighted by molar-refractivity contribution is -0.146. The van der Waals surface area contributed by atoms with Crippen LogP contribution in [0.25, 0.3) is 0 Å². The number of piperazine rings is 1. The van der Waals surface area contributed by atoms with Gasteiger partial charge < -0.3 is 10.6 Å². The Labute approximate surface area is 115 Å². The lowest BCUT2D eigenvalue weighted by Crippen LogP contribution is -2.49. The van der Waals surface area contributed by atoms with Gasteiger partial charge in [0.2, 0.25) is 0 Å². The highest BCUT2D eigenvalue weighted by atomic mass is 19.4. The summed E-state index contributed by atoms with van der Waals surface area (Å²) in [6.45, 7) is 0.709. The third kappa shape index (κ3) is 3.54. The van der Waals surface area contributed by atoms with Crippen molar-refractivity contribution in [2.24, 2.45) is 0 Å². The van der Waals surface area contributed by atoms with Gasteiger partial charge in [-0.2, -0.15) is 18.4 Å². The minimum atomic E-state index is -4.17. The zero-order chi connectivity index (χ0) is 14.8. The largest absolute Gasteiger partial charge is 0.401 e. The Kier molecular flexibility index (Phi) is 4.04. The van der Waals surface area contributed by atoms with E-state index in [0.29, 0.717) is 37.4 Å². The van der Waals surface area contributed by atoms with Gasteiger partial charge in [0.1, 0.15) is 6.07 Å². The molecule has 1 aliphatic rings. The van der Waals surface area contributed by atoms with Crippen molar-refractivity contribution < 1.29 is 13.2 Å². The number of alkyl halides is 3. The number of rotatable bonds is 2. The Bertz CT molecular complexity index is 513. The van der Waals surface area contributed by atoms with Crippen LogP contribution in [-0.4, -0.2) is 43.8 Å². The average molecular weight is 284 g/mol. The van der Waals surface area contributed by atoms with Crippen LogP contribution in [-0.2, 0) is 0 Å². The summed E-state index contributed by atoms with van der Waals surface area (Å²) in [6.07, 6.45) is -4.17. The van der Waals surface area contributed by atoms with Crippen LogP contribution in [0.2, 0.25) is 0 Å².